The minimum atomic E-state index is -4.65. The molecule has 0 spiro atoms. The number of halogens is 3. The summed E-state index contributed by atoms with van der Waals surface area (Å²) < 4.78 is 38.5. The summed E-state index contributed by atoms with van der Waals surface area (Å²) in [6.45, 7) is 5.79. The number of hydrazone groups is 1. The van der Waals surface area contributed by atoms with Crippen LogP contribution in [0.2, 0.25) is 0 Å². The van der Waals surface area contributed by atoms with Crippen LogP contribution in [0.4, 0.5) is 18.9 Å². The molecule has 2 heterocycles. The number of carbonyl (C=O) groups excluding carboxylic acids is 1. The van der Waals surface area contributed by atoms with E-state index in [4.69, 9.17) is 5.41 Å². The summed E-state index contributed by atoms with van der Waals surface area (Å²) in [4.78, 5) is 18.0. The highest BCUT2D eigenvalue weighted by atomic mass is 32.2. The van der Waals surface area contributed by atoms with Gasteiger partial charge in [0.25, 0.3) is 5.91 Å². The van der Waals surface area contributed by atoms with E-state index in [1.54, 1.807) is 12.1 Å². The lowest BCUT2D eigenvalue weighted by Crippen LogP contribution is -2.35. The van der Waals surface area contributed by atoms with Gasteiger partial charge in [-0.05, 0) is 49.4 Å². The number of anilines is 1. The van der Waals surface area contributed by atoms with Gasteiger partial charge in [0.1, 0.15) is 0 Å². The van der Waals surface area contributed by atoms with Crippen molar-refractivity contribution in [2.24, 2.45) is 10.1 Å². The molecule has 2 aliphatic rings. The molecule has 10 heteroatoms. The predicted octanol–water partition coefficient (Wildman–Crippen LogP) is 3.71. The highest BCUT2D eigenvalue weighted by Gasteiger charge is 2.46. The van der Waals surface area contributed by atoms with Gasteiger partial charge in [-0.1, -0.05) is 12.1 Å². The van der Waals surface area contributed by atoms with Gasteiger partial charge >= 0.3 is 6.18 Å². The number of carbonyl (C=O) groups is 1. The molecule has 0 radical (unpaired) electrons. The molecule has 1 aromatic rings. The average molecular weight is 395 g/mol. The largest absolute Gasteiger partial charge is 0.441 e. The van der Waals surface area contributed by atoms with Crippen molar-refractivity contribution in [3.8, 4) is 0 Å². The molecule has 0 unspecified atom stereocenters. The van der Waals surface area contributed by atoms with Crippen LogP contribution in [-0.2, 0) is 4.79 Å². The van der Waals surface area contributed by atoms with Gasteiger partial charge < -0.3 is 4.90 Å². The minimum absolute atomic E-state index is 0.109. The van der Waals surface area contributed by atoms with Crippen molar-refractivity contribution < 1.29 is 18.0 Å². The highest BCUT2D eigenvalue weighted by molar-refractivity contribution is 8.27. The number of aliphatic imine (C=N–C) groups is 1. The Hall–Kier alpha value is -2.62. The third-order valence-corrected chi connectivity index (χ3v) is 4.98. The van der Waals surface area contributed by atoms with E-state index in [1.807, 2.05) is 26.0 Å². The summed E-state index contributed by atoms with van der Waals surface area (Å²) in [5.74, 6) is -1.19. The number of alkyl halides is 3. The number of fused-ring (bicyclic) bond motifs is 1. The Balaban J connectivity index is 1.89. The van der Waals surface area contributed by atoms with Crippen molar-refractivity contribution in [1.29, 1.82) is 5.41 Å². The zero-order valence-corrected chi connectivity index (χ0v) is 15.4. The predicted molar refractivity (Wildman–Crippen MR) is 101 cm³/mol. The summed E-state index contributed by atoms with van der Waals surface area (Å²) in [5, 5.41) is 10.8. The van der Waals surface area contributed by atoms with E-state index in [1.165, 1.54) is 6.08 Å². The topological polar surface area (TPSA) is 72.1 Å². The first-order valence-electron chi connectivity index (χ1n) is 8.17. The lowest BCUT2D eigenvalue weighted by molar-refractivity contribution is -0.114. The van der Waals surface area contributed by atoms with Crippen LogP contribution in [-0.4, -0.2) is 46.2 Å². The maximum atomic E-state index is 12.8. The quantitative estimate of drug-likeness (QED) is 0.789. The van der Waals surface area contributed by atoms with Crippen LogP contribution in [0.3, 0.4) is 0 Å². The van der Waals surface area contributed by atoms with E-state index in [-0.39, 0.29) is 22.5 Å². The first kappa shape index (κ1) is 19.2. The van der Waals surface area contributed by atoms with Crippen molar-refractivity contribution in [3.63, 3.8) is 0 Å². The molecular formula is C17H16F3N5OS. The second-order valence-electron chi connectivity index (χ2n) is 5.69. The molecule has 0 bridgehead atoms. The van der Waals surface area contributed by atoms with Crippen molar-refractivity contribution in [1.82, 2.24) is 5.01 Å². The maximum absolute atomic E-state index is 12.8. The first-order valence-corrected chi connectivity index (χ1v) is 8.98. The van der Waals surface area contributed by atoms with Crippen LogP contribution in [0.1, 0.15) is 19.4 Å². The SMILES string of the molecule is CCN(CC)c1ccc(/C=C2/C(=N)N3N=C(C(F)(F)F)SC3=NC2=O)cc1. The molecule has 0 saturated heterocycles. The van der Waals surface area contributed by atoms with Gasteiger partial charge in [0.2, 0.25) is 10.2 Å². The standard InChI is InChI=1S/C17H16F3N5OS/c1-3-24(4-2)11-7-5-10(6-8-11)9-12-13(21)25-16(22-14(12)26)27-15(23-25)17(18,19)20/h5-9,21H,3-4H2,1-2H3/b12-9-,21-13?. The molecule has 0 saturated carbocycles. The first-order chi connectivity index (χ1) is 12.7. The number of nitrogens with one attached hydrogen (secondary N) is 1. The zero-order chi connectivity index (χ0) is 19.8. The zero-order valence-electron chi connectivity index (χ0n) is 14.5. The molecule has 0 aromatic heterocycles. The summed E-state index contributed by atoms with van der Waals surface area (Å²) in [7, 11) is 0. The number of hydrogen-bond donors (Lipinski definition) is 1. The van der Waals surface area contributed by atoms with E-state index in [9.17, 15) is 18.0 Å². The Morgan fingerprint density at radius 3 is 2.41 bits per heavy atom. The summed E-state index contributed by atoms with van der Waals surface area (Å²) in [6, 6.07) is 7.33. The normalized spacial score (nSPS) is 18.6. The molecule has 1 aromatic carbocycles. The van der Waals surface area contributed by atoms with Gasteiger partial charge in [0.05, 0.1) is 5.57 Å². The molecule has 0 fully saturated rings. The molecule has 1 N–H and O–H groups in total. The highest BCUT2D eigenvalue weighted by Crippen LogP contribution is 2.35. The Labute approximate surface area is 157 Å². The van der Waals surface area contributed by atoms with Gasteiger partial charge in [-0.25, -0.2) is 0 Å². The van der Waals surface area contributed by atoms with Crippen LogP contribution in [0.5, 0.6) is 0 Å². The number of thioether (sulfide) groups is 1. The molecular weight excluding hydrogens is 379 g/mol. The Bertz CT molecular complexity index is 870. The van der Waals surface area contributed by atoms with E-state index >= 15 is 0 Å². The van der Waals surface area contributed by atoms with Gasteiger partial charge in [0, 0.05) is 18.8 Å². The Morgan fingerprint density at radius 1 is 1.22 bits per heavy atom. The molecule has 0 aliphatic carbocycles. The molecule has 2 aliphatic heterocycles. The third-order valence-electron chi connectivity index (χ3n) is 4.03. The molecule has 27 heavy (non-hydrogen) atoms. The number of amides is 1. The summed E-state index contributed by atoms with van der Waals surface area (Å²) in [5.41, 5.74) is 1.55. The molecule has 142 valence electrons. The maximum Gasteiger partial charge on any atom is 0.441 e. The number of amidine groups is 2. The molecule has 6 nitrogen and oxygen atoms in total. The fourth-order valence-electron chi connectivity index (χ4n) is 2.64. The van der Waals surface area contributed by atoms with Crippen molar-refractivity contribution in [3.05, 3.63) is 35.4 Å². The summed E-state index contributed by atoms with van der Waals surface area (Å²) >= 11 is 0.234. The van der Waals surface area contributed by atoms with Gasteiger partial charge in [-0.3, -0.25) is 10.2 Å². The fourth-order valence-corrected chi connectivity index (χ4v) is 3.40. The van der Waals surface area contributed by atoms with Gasteiger partial charge in [-0.15, -0.1) is 0 Å². The number of rotatable bonds is 4. The Kier molecular flexibility index (Phi) is 5.09. The van der Waals surface area contributed by atoms with Crippen molar-refractivity contribution in [2.75, 3.05) is 18.0 Å². The second-order valence-corrected chi connectivity index (χ2v) is 6.64. The smallest absolute Gasteiger partial charge is 0.372 e. The number of hydrogen-bond acceptors (Lipinski definition) is 5. The second kappa shape index (κ2) is 7.18. The van der Waals surface area contributed by atoms with Crippen LogP contribution in [0, 0.1) is 5.41 Å². The monoisotopic (exact) mass is 395 g/mol. The number of benzene rings is 1. The average Bonchev–Trinajstić information content (AvgIpc) is 3.05. The van der Waals surface area contributed by atoms with E-state index in [0.717, 1.165) is 23.8 Å². The van der Waals surface area contributed by atoms with Crippen LogP contribution in [0.15, 0.2) is 39.9 Å². The lowest BCUT2D eigenvalue weighted by atomic mass is 10.1. The van der Waals surface area contributed by atoms with Crippen LogP contribution >= 0.6 is 11.8 Å². The lowest BCUT2D eigenvalue weighted by Gasteiger charge is -2.21. The third kappa shape index (κ3) is 3.75. The Morgan fingerprint density at radius 2 is 1.85 bits per heavy atom. The van der Waals surface area contributed by atoms with Crippen molar-refractivity contribution in [2.45, 2.75) is 20.0 Å². The number of nitrogens with zero attached hydrogens (tertiary/aromatic N) is 4. The van der Waals surface area contributed by atoms with Crippen molar-refractivity contribution >= 4 is 45.5 Å². The molecule has 3 rings (SSSR count). The molecule has 1 amide bonds. The van der Waals surface area contributed by atoms with Crippen LogP contribution in [0.25, 0.3) is 6.08 Å². The minimum Gasteiger partial charge on any atom is -0.372 e. The van der Waals surface area contributed by atoms with Gasteiger partial charge in [0.15, 0.2) is 5.84 Å². The van der Waals surface area contributed by atoms with Gasteiger partial charge in [-0.2, -0.15) is 28.3 Å². The fraction of sp³-hybridized carbons (Fsp3) is 0.294. The van der Waals surface area contributed by atoms with E-state index in [0.29, 0.717) is 5.56 Å². The van der Waals surface area contributed by atoms with E-state index < -0.39 is 23.0 Å². The van der Waals surface area contributed by atoms with Crippen LogP contribution < -0.4 is 4.90 Å². The van der Waals surface area contributed by atoms with E-state index in [2.05, 4.69) is 15.0 Å². The summed E-state index contributed by atoms with van der Waals surface area (Å²) in [6.07, 6.45) is -3.22. The molecule has 0 atom stereocenters.